The van der Waals surface area contributed by atoms with Gasteiger partial charge in [0.2, 0.25) is 5.91 Å². The normalized spacial score (nSPS) is 10.7. The molecule has 0 spiro atoms. The molecule has 8 nitrogen and oxygen atoms in total. The van der Waals surface area contributed by atoms with Crippen molar-refractivity contribution in [3.8, 4) is 11.6 Å². The van der Waals surface area contributed by atoms with Crippen molar-refractivity contribution in [2.75, 3.05) is 31.4 Å². The van der Waals surface area contributed by atoms with Crippen LogP contribution in [0.15, 0.2) is 36.7 Å². The molecule has 0 aliphatic rings. The number of carbonyl (C=O) groups is 1. The van der Waals surface area contributed by atoms with Crippen LogP contribution in [0.2, 0.25) is 0 Å². The van der Waals surface area contributed by atoms with Gasteiger partial charge in [0, 0.05) is 32.3 Å². The summed E-state index contributed by atoms with van der Waals surface area (Å²) in [6.07, 6.45) is 2.46. The standard InChI is InChI=1S/C21H26N6O2/c1-14-16(10-11-21(28)24-17-8-6-7-9-18(17)29-5)15(2)27(25-14)20-12-19(26(3)4)22-13-23-20/h6-9,12-13H,10-11H2,1-5H3,(H,24,28). The second-order valence-corrected chi connectivity index (χ2v) is 6.94. The Labute approximate surface area is 170 Å². The maximum absolute atomic E-state index is 12.5. The molecule has 0 atom stereocenters. The molecule has 2 heterocycles. The second-order valence-electron chi connectivity index (χ2n) is 6.94. The van der Waals surface area contributed by atoms with Crippen molar-refractivity contribution >= 4 is 17.4 Å². The molecule has 1 aromatic carbocycles. The minimum atomic E-state index is -0.0713. The molecule has 0 aliphatic heterocycles. The molecule has 0 fully saturated rings. The van der Waals surface area contributed by atoms with Crippen LogP contribution in [-0.2, 0) is 11.2 Å². The molecule has 0 saturated carbocycles. The van der Waals surface area contributed by atoms with Crippen LogP contribution in [0, 0.1) is 13.8 Å². The fourth-order valence-electron chi connectivity index (χ4n) is 3.16. The summed E-state index contributed by atoms with van der Waals surface area (Å²) in [5.41, 5.74) is 3.57. The molecule has 0 radical (unpaired) electrons. The van der Waals surface area contributed by atoms with E-state index in [1.807, 2.05) is 63.2 Å². The van der Waals surface area contributed by atoms with Crippen molar-refractivity contribution in [3.05, 3.63) is 53.6 Å². The molecule has 3 aromatic rings. The molecular weight excluding hydrogens is 368 g/mol. The lowest BCUT2D eigenvalue weighted by Gasteiger charge is -2.12. The number of methoxy groups -OCH3 is 1. The quantitative estimate of drug-likeness (QED) is 0.663. The maximum Gasteiger partial charge on any atom is 0.224 e. The van der Waals surface area contributed by atoms with E-state index in [9.17, 15) is 4.79 Å². The number of nitrogens with zero attached hydrogens (tertiary/aromatic N) is 5. The largest absolute Gasteiger partial charge is 0.495 e. The average Bonchev–Trinajstić information content (AvgIpc) is 3.00. The number of benzene rings is 1. The van der Waals surface area contributed by atoms with Gasteiger partial charge in [0.1, 0.15) is 17.9 Å². The zero-order valence-electron chi connectivity index (χ0n) is 17.4. The molecular formula is C21H26N6O2. The molecule has 1 amide bonds. The van der Waals surface area contributed by atoms with Gasteiger partial charge in [0.15, 0.2) is 5.82 Å². The van der Waals surface area contributed by atoms with E-state index in [-0.39, 0.29) is 5.91 Å². The monoisotopic (exact) mass is 394 g/mol. The van der Waals surface area contributed by atoms with E-state index in [1.54, 1.807) is 11.8 Å². The van der Waals surface area contributed by atoms with Crippen LogP contribution in [0.4, 0.5) is 11.5 Å². The van der Waals surface area contributed by atoms with Crippen LogP contribution in [0.25, 0.3) is 5.82 Å². The fraction of sp³-hybridized carbons (Fsp3) is 0.333. The zero-order valence-corrected chi connectivity index (χ0v) is 17.4. The molecule has 8 heteroatoms. The van der Waals surface area contributed by atoms with Crippen molar-refractivity contribution in [2.45, 2.75) is 26.7 Å². The Balaban J connectivity index is 1.74. The number of nitrogens with one attached hydrogen (secondary N) is 1. The summed E-state index contributed by atoms with van der Waals surface area (Å²) >= 11 is 0. The van der Waals surface area contributed by atoms with Crippen molar-refractivity contribution < 1.29 is 9.53 Å². The Morgan fingerprint density at radius 2 is 1.97 bits per heavy atom. The number of hydrogen-bond donors (Lipinski definition) is 1. The predicted octanol–water partition coefficient (Wildman–Crippen LogP) is 2.93. The third kappa shape index (κ3) is 4.53. The highest BCUT2D eigenvalue weighted by molar-refractivity contribution is 5.92. The summed E-state index contributed by atoms with van der Waals surface area (Å²) in [6, 6.07) is 9.25. The van der Waals surface area contributed by atoms with E-state index < -0.39 is 0 Å². The summed E-state index contributed by atoms with van der Waals surface area (Å²) < 4.78 is 7.09. The van der Waals surface area contributed by atoms with Crippen molar-refractivity contribution in [2.24, 2.45) is 0 Å². The third-order valence-corrected chi connectivity index (χ3v) is 4.74. The first-order valence-electron chi connectivity index (χ1n) is 9.38. The highest BCUT2D eigenvalue weighted by atomic mass is 16.5. The number of para-hydroxylation sites is 2. The van der Waals surface area contributed by atoms with E-state index in [4.69, 9.17) is 4.74 Å². The summed E-state index contributed by atoms with van der Waals surface area (Å²) in [7, 11) is 5.44. The topological polar surface area (TPSA) is 85.2 Å². The lowest BCUT2D eigenvalue weighted by atomic mass is 10.1. The van der Waals surface area contributed by atoms with Gasteiger partial charge in [0.05, 0.1) is 18.5 Å². The lowest BCUT2D eigenvalue weighted by molar-refractivity contribution is -0.116. The highest BCUT2D eigenvalue weighted by Crippen LogP contribution is 2.24. The summed E-state index contributed by atoms with van der Waals surface area (Å²) in [4.78, 5) is 23.0. The van der Waals surface area contributed by atoms with Crippen LogP contribution >= 0.6 is 0 Å². The third-order valence-electron chi connectivity index (χ3n) is 4.74. The van der Waals surface area contributed by atoms with Gasteiger partial charge in [-0.15, -0.1) is 0 Å². The number of ether oxygens (including phenoxy) is 1. The summed E-state index contributed by atoms with van der Waals surface area (Å²) in [5.74, 6) is 2.08. The van der Waals surface area contributed by atoms with E-state index in [2.05, 4.69) is 20.4 Å². The number of amides is 1. The number of hydrogen-bond acceptors (Lipinski definition) is 6. The number of aromatic nitrogens is 4. The summed E-state index contributed by atoms with van der Waals surface area (Å²) in [5, 5.41) is 7.54. The number of aryl methyl sites for hydroxylation is 1. The molecule has 0 unspecified atom stereocenters. The van der Waals surface area contributed by atoms with E-state index in [0.29, 0.717) is 30.1 Å². The molecule has 29 heavy (non-hydrogen) atoms. The molecule has 1 N–H and O–H groups in total. The Kier molecular flexibility index (Phi) is 6.11. The van der Waals surface area contributed by atoms with Gasteiger partial charge in [-0.25, -0.2) is 14.6 Å². The van der Waals surface area contributed by atoms with Crippen LogP contribution in [0.5, 0.6) is 5.75 Å². The molecule has 3 rings (SSSR count). The van der Waals surface area contributed by atoms with Crippen molar-refractivity contribution in [3.63, 3.8) is 0 Å². The second kappa shape index (κ2) is 8.72. The van der Waals surface area contributed by atoms with Crippen molar-refractivity contribution in [1.82, 2.24) is 19.7 Å². The van der Waals surface area contributed by atoms with Crippen LogP contribution < -0.4 is 15.0 Å². The fourth-order valence-corrected chi connectivity index (χ4v) is 3.16. The van der Waals surface area contributed by atoms with Crippen molar-refractivity contribution in [1.29, 1.82) is 0 Å². The number of carbonyl (C=O) groups excluding carboxylic acids is 1. The van der Waals surface area contributed by atoms with Gasteiger partial charge < -0.3 is 15.0 Å². The van der Waals surface area contributed by atoms with Gasteiger partial charge in [0.25, 0.3) is 0 Å². The Morgan fingerprint density at radius 3 is 2.69 bits per heavy atom. The molecule has 0 saturated heterocycles. The van der Waals surface area contributed by atoms with Gasteiger partial charge in [-0.05, 0) is 38.0 Å². The SMILES string of the molecule is COc1ccccc1NC(=O)CCc1c(C)nn(-c2cc(N(C)C)ncn2)c1C. The average molecular weight is 394 g/mol. The van der Waals surface area contributed by atoms with E-state index in [0.717, 1.165) is 22.8 Å². The lowest BCUT2D eigenvalue weighted by Crippen LogP contribution is -2.13. The Bertz CT molecular complexity index is 1010. The minimum absolute atomic E-state index is 0.0713. The van der Waals surface area contributed by atoms with E-state index >= 15 is 0 Å². The first kappa shape index (κ1) is 20.3. The number of rotatable bonds is 7. The van der Waals surface area contributed by atoms with Crippen LogP contribution in [0.3, 0.4) is 0 Å². The smallest absolute Gasteiger partial charge is 0.224 e. The van der Waals surface area contributed by atoms with E-state index in [1.165, 1.54) is 6.33 Å². The van der Waals surface area contributed by atoms with Gasteiger partial charge in [-0.1, -0.05) is 12.1 Å². The first-order valence-corrected chi connectivity index (χ1v) is 9.38. The summed E-state index contributed by atoms with van der Waals surface area (Å²) in [6.45, 7) is 3.94. The maximum atomic E-state index is 12.5. The first-order chi connectivity index (χ1) is 13.9. The Morgan fingerprint density at radius 1 is 1.21 bits per heavy atom. The predicted molar refractivity (Wildman–Crippen MR) is 113 cm³/mol. The minimum Gasteiger partial charge on any atom is -0.495 e. The number of anilines is 2. The molecule has 152 valence electrons. The van der Waals surface area contributed by atoms with Crippen LogP contribution in [0.1, 0.15) is 23.4 Å². The Hall–Kier alpha value is -3.42. The van der Waals surface area contributed by atoms with Crippen LogP contribution in [-0.4, -0.2) is 46.9 Å². The zero-order chi connectivity index (χ0) is 21.0. The van der Waals surface area contributed by atoms with Gasteiger partial charge in [-0.3, -0.25) is 4.79 Å². The molecule has 2 aromatic heterocycles. The molecule has 0 bridgehead atoms. The van der Waals surface area contributed by atoms with Gasteiger partial charge in [-0.2, -0.15) is 5.10 Å². The highest BCUT2D eigenvalue weighted by Gasteiger charge is 2.16. The molecule has 0 aliphatic carbocycles. The van der Waals surface area contributed by atoms with Gasteiger partial charge >= 0.3 is 0 Å².